The molecule has 0 spiro atoms. The number of methoxy groups -OCH3 is 1. The SMILES string of the molecule is COc1cc(/C=C2\SC(=S)NC2=O)cc(I)c1OCC(=O)Nc1ccc(C)c(Cl)c1. The van der Waals surface area contributed by atoms with Crippen LogP contribution in [-0.2, 0) is 9.59 Å². The van der Waals surface area contributed by atoms with Crippen LogP contribution in [0.25, 0.3) is 6.08 Å². The highest BCUT2D eigenvalue weighted by Gasteiger charge is 2.22. The van der Waals surface area contributed by atoms with E-state index in [1.807, 2.05) is 19.1 Å². The Hall–Kier alpha value is -1.82. The van der Waals surface area contributed by atoms with Crippen LogP contribution in [0.4, 0.5) is 5.69 Å². The monoisotopic (exact) mass is 574 g/mol. The maximum atomic E-state index is 12.3. The van der Waals surface area contributed by atoms with Gasteiger partial charge in [0, 0.05) is 10.7 Å². The van der Waals surface area contributed by atoms with E-state index in [0.717, 1.165) is 14.7 Å². The van der Waals surface area contributed by atoms with E-state index in [1.165, 1.54) is 18.9 Å². The van der Waals surface area contributed by atoms with Gasteiger partial charge in [-0.25, -0.2) is 0 Å². The van der Waals surface area contributed by atoms with Crippen molar-refractivity contribution in [3.05, 3.63) is 55.0 Å². The zero-order chi connectivity index (χ0) is 21.8. The first kappa shape index (κ1) is 22.9. The largest absolute Gasteiger partial charge is 0.493 e. The van der Waals surface area contributed by atoms with Gasteiger partial charge < -0.3 is 20.1 Å². The summed E-state index contributed by atoms with van der Waals surface area (Å²) in [6.45, 7) is 1.68. The molecule has 0 atom stereocenters. The molecule has 30 heavy (non-hydrogen) atoms. The Kier molecular flexibility index (Phi) is 7.61. The van der Waals surface area contributed by atoms with Crippen molar-refractivity contribution in [2.45, 2.75) is 6.92 Å². The first-order valence-electron chi connectivity index (χ1n) is 8.58. The molecule has 2 aromatic carbocycles. The van der Waals surface area contributed by atoms with Gasteiger partial charge in [0.15, 0.2) is 18.1 Å². The number of amides is 2. The van der Waals surface area contributed by atoms with Crippen molar-refractivity contribution < 1.29 is 19.1 Å². The van der Waals surface area contributed by atoms with Gasteiger partial charge in [0.1, 0.15) is 4.32 Å². The van der Waals surface area contributed by atoms with Crippen molar-refractivity contribution in [1.29, 1.82) is 0 Å². The second-order valence-electron chi connectivity index (χ2n) is 6.19. The number of ether oxygens (including phenoxy) is 2. The van der Waals surface area contributed by atoms with Gasteiger partial charge >= 0.3 is 0 Å². The number of carbonyl (C=O) groups is 2. The van der Waals surface area contributed by atoms with Gasteiger partial charge in [-0.15, -0.1) is 0 Å². The van der Waals surface area contributed by atoms with Gasteiger partial charge in [0.2, 0.25) is 0 Å². The number of halogens is 2. The predicted molar refractivity (Wildman–Crippen MR) is 132 cm³/mol. The molecule has 0 aromatic heterocycles. The quantitative estimate of drug-likeness (QED) is 0.294. The van der Waals surface area contributed by atoms with Crippen LogP contribution in [0.2, 0.25) is 5.02 Å². The summed E-state index contributed by atoms with van der Waals surface area (Å²) in [4.78, 5) is 24.6. The van der Waals surface area contributed by atoms with E-state index in [2.05, 4.69) is 33.2 Å². The number of thioether (sulfide) groups is 1. The van der Waals surface area contributed by atoms with Gasteiger partial charge in [0.25, 0.3) is 11.8 Å². The number of benzene rings is 2. The minimum Gasteiger partial charge on any atom is -0.493 e. The second-order valence-corrected chi connectivity index (χ2v) is 9.48. The van der Waals surface area contributed by atoms with E-state index in [0.29, 0.717) is 31.4 Å². The highest BCUT2D eigenvalue weighted by atomic mass is 127. The standard InChI is InChI=1S/C20H16ClIN2O4S2/c1-10-3-4-12(8-13(10)21)23-17(25)9-28-18-14(22)5-11(6-15(18)27-2)7-16-19(26)24-20(29)30-16/h3-8H,9H2,1-2H3,(H,23,25)(H,24,26,29)/b16-7-. The number of rotatable bonds is 6. The number of thiocarbonyl (C=S) groups is 1. The molecule has 1 aliphatic heterocycles. The molecule has 0 unspecified atom stereocenters. The number of hydrogen-bond donors (Lipinski definition) is 2. The topological polar surface area (TPSA) is 76.7 Å². The molecule has 3 rings (SSSR count). The number of nitrogens with one attached hydrogen (secondary N) is 2. The summed E-state index contributed by atoms with van der Waals surface area (Å²) in [5.41, 5.74) is 2.27. The molecule has 0 saturated carbocycles. The maximum Gasteiger partial charge on any atom is 0.263 e. The van der Waals surface area contributed by atoms with Crippen LogP contribution < -0.4 is 20.1 Å². The average Bonchev–Trinajstić information content (AvgIpc) is 3.00. The molecule has 1 saturated heterocycles. The Morgan fingerprint density at radius 2 is 2.13 bits per heavy atom. The molecule has 0 aliphatic carbocycles. The summed E-state index contributed by atoms with van der Waals surface area (Å²) in [5.74, 6) is 0.334. The molecule has 1 fully saturated rings. The van der Waals surface area contributed by atoms with Gasteiger partial charge in [0.05, 0.1) is 15.6 Å². The molecule has 2 N–H and O–H groups in total. The molecular weight excluding hydrogens is 559 g/mol. The number of anilines is 1. The van der Waals surface area contributed by atoms with Crippen LogP contribution >= 0.6 is 58.2 Å². The Morgan fingerprint density at radius 3 is 2.77 bits per heavy atom. The van der Waals surface area contributed by atoms with Crippen molar-refractivity contribution in [2.75, 3.05) is 19.0 Å². The fourth-order valence-electron chi connectivity index (χ4n) is 2.54. The van der Waals surface area contributed by atoms with Gasteiger partial charge in [-0.2, -0.15) is 0 Å². The summed E-state index contributed by atoms with van der Waals surface area (Å²) in [7, 11) is 1.51. The third kappa shape index (κ3) is 5.65. The van der Waals surface area contributed by atoms with E-state index in [9.17, 15) is 9.59 Å². The third-order valence-corrected chi connectivity index (χ3v) is 6.37. The first-order chi connectivity index (χ1) is 14.3. The fraction of sp³-hybridized carbons (Fsp3) is 0.150. The zero-order valence-electron chi connectivity index (χ0n) is 15.9. The van der Waals surface area contributed by atoms with E-state index in [4.69, 9.17) is 33.3 Å². The van der Waals surface area contributed by atoms with Crippen LogP contribution in [0.5, 0.6) is 11.5 Å². The van der Waals surface area contributed by atoms with Crippen LogP contribution in [0, 0.1) is 10.5 Å². The lowest BCUT2D eigenvalue weighted by molar-refractivity contribution is -0.118. The Bertz CT molecular complexity index is 1080. The minimum absolute atomic E-state index is 0.204. The number of aryl methyl sites for hydroxylation is 1. The van der Waals surface area contributed by atoms with Gasteiger partial charge in [-0.1, -0.05) is 41.6 Å². The lowest BCUT2D eigenvalue weighted by Crippen LogP contribution is -2.20. The molecule has 0 radical (unpaired) electrons. The van der Waals surface area contributed by atoms with Crippen molar-refractivity contribution in [3.63, 3.8) is 0 Å². The number of hydrogen-bond acceptors (Lipinski definition) is 6. The van der Waals surface area contributed by atoms with Crippen molar-refractivity contribution in [1.82, 2.24) is 5.32 Å². The molecule has 156 valence electrons. The maximum absolute atomic E-state index is 12.3. The average molecular weight is 575 g/mol. The molecule has 2 amide bonds. The molecule has 10 heteroatoms. The molecule has 2 aromatic rings. The Morgan fingerprint density at radius 1 is 1.37 bits per heavy atom. The molecule has 1 heterocycles. The Balaban J connectivity index is 1.72. The smallest absolute Gasteiger partial charge is 0.263 e. The highest BCUT2D eigenvalue weighted by molar-refractivity contribution is 14.1. The predicted octanol–water partition coefficient (Wildman–Crippen LogP) is 4.77. The van der Waals surface area contributed by atoms with Crippen molar-refractivity contribution in [2.24, 2.45) is 0 Å². The summed E-state index contributed by atoms with van der Waals surface area (Å²) < 4.78 is 12.3. The lowest BCUT2D eigenvalue weighted by atomic mass is 10.2. The number of carbonyl (C=O) groups excluding carboxylic acids is 2. The van der Waals surface area contributed by atoms with Gasteiger partial charge in [-0.05, 0) is 71.0 Å². The third-order valence-electron chi connectivity index (χ3n) is 3.99. The summed E-state index contributed by atoms with van der Waals surface area (Å²) >= 11 is 14.4. The highest BCUT2D eigenvalue weighted by Crippen LogP contribution is 2.36. The second kappa shape index (κ2) is 9.99. The zero-order valence-corrected chi connectivity index (χ0v) is 20.4. The van der Waals surface area contributed by atoms with Crippen LogP contribution in [-0.4, -0.2) is 29.9 Å². The van der Waals surface area contributed by atoms with Crippen molar-refractivity contribution in [3.8, 4) is 11.5 Å². The fourth-order valence-corrected chi connectivity index (χ4v) is 4.55. The van der Waals surface area contributed by atoms with E-state index < -0.39 is 0 Å². The van der Waals surface area contributed by atoms with Gasteiger partial charge in [-0.3, -0.25) is 9.59 Å². The summed E-state index contributed by atoms with van der Waals surface area (Å²) in [6.07, 6.45) is 1.72. The van der Waals surface area contributed by atoms with E-state index in [1.54, 1.807) is 24.3 Å². The minimum atomic E-state index is -0.327. The molecule has 0 bridgehead atoms. The first-order valence-corrected chi connectivity index (χ1v) is 11.3. The van der Waals surface area contributed by atoms with Crippen LogP contribution in [0.1, 0.15) is 11.1 Å². The van der Waals surface area contributed by atoms with E-state index in [-0.39, 0.29) is 18.4 Å². The molecule has 1 aliphatic rings. The van der Waals surface area contributed by atoms with Crippen molar-refractivity contribution >= 4 is 86.1 Å². The summed E-state index contributed by atoms with van der Waals surface area (Å²) in [6, 6.07) is 8.85. The Labute approximate surface area is 201 Å². The summed E-state index contributed by atoms with van der Waals surface area (Å²) in [5, 5.41) is 5.90. The molecule has 6 nitrogen and oxygen atoms in total. The molecular formula is C20H16ClIN2O4S2. The van der Waals surface area contributed by atoms with Crippen LogP contribution in [0.15, 0.2) is 35.2 Å². The van der Waals surface area contributed by atoms with E-state index >= 15 is 0 Å². The lowest BCUT2D eigenvalue weighted by Gasteiger charge is -2.14. The van der Waals surface area contributed by atoms with Crippen LogP contribution in [0.3, 0.4) is 0 Å². The normalized spacial score (nSPS) is 14.6.